The third-order valence-electron chi connectivity index (χ3n) is 5.59. The molecule has 1 aromatic carbocycles. The predicted octanol–water partition coefficient (Wildman–Crippen LogP) is 2.83. The lowest BCUT2D eigenvalue weighted by molar-refractivity contribution is -0.142. The fourth-order valence-corrected chi connectivity index (χ4v) is 4.02. The molecule has 0 bridgehead atoms. The van der Waals surface area contributed by atoms with Gasteiger partial charge in [0.05, 0.1) is 6.04 Å². The highest BCUT2D eigenvalue weighted by atomic mass is 35.5. The zero-order valence-corrected chi connectivity index (χ0v) is 16.2. The first-order chi connectivity index (χ1) is 13.1. The molecule has 0 N–H and O–H groups in total. The number of halogens is 1. The van der Waals surface area contributed by atoms with Crippen LogP contribution in [-0.2, 0) is 9.53 Å². The van der Waals surface area contributed by atoms with Gasteiger partial charge in [0.1, 0.15) is 0 Å². The van der Waals surface area contributed by atoms with Crippen molar-refractivity contribution in [3.8, 4) is 11.4 Å². The number of amides is 1. The van der Waals surface area contributed by atoms with Gasteiger partial charge in [-0.2, -0.15) is 4.80 Å². The molecular weight excluding hydrogens is 366 g/mol. The minimum absolute atomic E-state index is 0.0938. The maximum absolute atomic E-state index is 12.8. The number of likely N-dealkylation sites (tertiary alicyclic amines) is 1. The first kappa shape index (κ1) is 18.4. The fraction of sp³-hybridized carbons (Fsp3) is 0.579. The molecule has 0 aliphatic carbocycles. The van der Waals surface area contributed by atoms with E-state index in [9.17, 15) is 4.79 Å². The van der Waals surface area contributed by atoms with Crippen LogP contribution >= 0.6 is 11.6 Å². The molecule has 2 fully saturated rings. The number of benzene rings is 1. The van der Waals surface area contributed by atoms with Gasteiger partial charge in [-0.05, 0) is 54.7 Å². The number of carbonyl (C=O) groups is 1. The second-order valence-corrected chi connectivity index (χ2v) is 7.88. The first-order valence-electron chi connectivity index (χ1n) is 9.54. The van der Waals surface area contributed by atoms with Crippen molar-refractivity contribution in [2.24, 2.45) is 11.8 Å². The molecular formula is C19H24ClN5O2. The standard InChI is InChI=1S/C19H24ClN5O2/c1-13-12-27-11-8-17(13)19(26)24-9-6-16(7-10-24)25-22-18(21-23-25)14-2-4-15(20)5-3-14/h2-5,13,16-17H,6-12H2,1H3. The summed E-state index contributed by atoms with van der Waals surface area (Å²) >= 11 is 5.93. The summed E-state index contributed by atoms with van der Waals surface area (Å²) in [7, 11) is 0. The maximum Gasteiger partial charge on any atom is 0.226 e. The summed E-state index contributed by atoms with van der Waals surface area (Å²) in [5.41, 5.74) is 0.895. The maximum atomic E-state index is 12.8. The van der Waals surface area contributed by atoms with Crippen LogP contribution in [0.5, 0.6) is 0 Å². The average Bonchev–Trinajstić information content (AvgIpc) is 3.19. The van der Waals surface area contributed by atoms with E-state index in [0.29, 0.717) is 30.0 Å². The summed E-state index contributed by atoms with van der Waals surface area (Å²) in [6.45, 7) is 4.96. The van der Waals surface area contributed by atoms with Gasteiger partial charge in [-0.3, -0.25) is 4.79 Å². The van der Waals surface area contributed by atoms with Crippen molar-refractivity contribution in [2.45, 2.75) is 32.2 Å². The third kappa shape index (κ3) is 3.99. The van der Waals surface area contributed by atoms with Crippen LogP contribution in [0.3, 0.4) is 0 Å². The van der Waals surface area contributed by atoms with Crippen LogP contribution in [0.1, 0.15) is 32.2 Å². The van der Waals surface area contributed by atoms with E-state index in [4.69, 9.17) is 16.3 Å². The van der Waals surface area contributed by atoms with E-state index in [0.717, 1.165) is 37.9 Å². The highest BCUT2D eigenvalue weighted by Gasteiger charge is 2.34. The summed E-state index contributed by atoms with van der Waals surface area (Å²) in [4.78, 5) is 16.5. The number of piperidine rings is 1. The summed E-state index contributed by atoms with van der Waals surface area (Å²) in [6.07, 6.45) is 2.52. The summed E-state index contributed by atoms with van der Waals surface area (Å²) in [6, 6.07) is 7.59. The molecule has 0 spiro atoms. The molecule has 2 aromatic rings. The van der Waals surface area contributed by atoms with Gasteiger partial charge in [-0.1, -0.05) is 18.5 Å². The number of hydrogen-bond donors (Lipinski definition) is 0. The smallest absolute Gasteiger partial charge is 0.226 e. The van der Waals surface area contributed by atoms with Crippen molar-refractivity contribution in [1.82, 2.24) is 25.1 Å². The molecule has 2 saturated heterocycles. The van der Waals surface area contributed by atoms with Gasteiger partial charge < -0.3 is 9.64 Å². The lowest BCUT2D eigenvalue weighted by Gasteiger charge is -2.36. The zero-order chi connectivity index (χ0) is 18.8. The molecule has 3 heterocycles. The minimum Gasteiger partial charge on any atom is -0.381 e. The second-order valence-electron chi connectivity index (χ2n) is 7.44. The molecule has 4 rings (SSSR count). The quantitative estimate of drug-likeness (QED) is 0.807. The Morgan fingerprint density at radius 1 is 1.19 bits per heavy atom. The number of aromatic nitrogens is 4. The van der Waals surface area contributed by atoms with Crippen LogP contribution in [0.15, 0.2) is 24.3 Å². The van der Waals surface area contributed by atoms with Gasteiger partial charge in [0.2, 0.25) is 11.7 Å². The molecule has 144 valence electrons. The molecule has 1 amide bonds. The Labute approximate surface area is 163 Å². The molecule has 7 nitrogen and oxygen atoms in total. The Hall–Kier alpha value is -1.99. The van der Waals surface area contributed by atoms with Gasteiger partial charge in [-0.25, -0.2) is 0 Å². The van der Waals surface area contributed by atoms with E-state index in [2.05, 4.69) is 22.3 Å². The molecule has 0 radical (unpaired) electrons. The normalized spacial score (nSPS) is 24.1. The Morgan fingerprint density at radius 2 is 1.93 bits per heavy atom. The van der Waals surface area contributed by atoms with Crippen LogP contribution < -0.4 is 0 Å². The Kier molecular flexibility index (Phi) is 5.41. The van der Waals surface area contributed by atoms with E-state index in [1.165, 1.54) is 0 Å². The summed E-state index contributed by atoms with van der Waals surface area (Å²) < 4.78 is 5.46. The first-order valence-corrected chi connectivity index (χ1v) is 9.91. The van der Waals surface area contributed by atoms with Crippen molar-refractivity contribution in [1.29, 1.82) is 0 Å². The number of hydrogen-bond acceptors (Lipinski definition) is 5. The number of nitrogens with zero attached hydrogens (tertiary/aromatic N) is 5. The minimum atomic E-state index is 0.0938. The van der Waals surface area contributed by atoms with E-state index in [1.807, 2.05) is 29.2 Å². The highest BCUT2D eigenvalue weighted by Crippen LogP contribution is 2.28. The number of tetrazole rings is 1. The Balaban J connectivity index is 1.37. The van der Waals surface area contributed by atoms with E-state index in [1.54, 1.807) is 4.80 Å². The van der Waals surface area contributed by atoms with Gasteiger partial charge in [0.25, 0.3) is 0 Å². The van der Waals surface area contributed by atoms with Gasteiger partial charge in [0, 0.05) is 42.8 Å². The lowest BCUT2D eigenvalue weighted by atomic mass is 9.88. The van der Waals surface area contributed by atoms with Crippen LogP contribution in [-0.4, -0.2) is 57.3 Å². The third-order valence-corrected chi connectivity index (χ3v) is 5.84. The monoisotopic (exact) mass is 389 g/mol. The predicted molar refractivity (Wildman–Crippen MR) is 101 cm³/mol. The van der Waals surface area contributed by atoms with Crippen molar-refractivity contribution in [3.63, 3.8) is 0 Å². The topological polar surface area (TPSA) is 73.1 Å². The van der Waals surface area contributed by atoms with Crippen molar-refractivity contribution in [3.05, 3.63) is 29.3 Å². The van der Waals surface area contributed by atoms with Crippen LogP contribution in [0.2, 0.25) is 5.02 Å². The number of rotatable bonds is 3. The van der Waals surface area contributed by atoms with Crippen LogP contribution in [0.4, 0.5) is 0 Å². The van der Waals surface area contributed by atoms with E-state index < -0.39 is 0 Å². The highest BCUT2D eigenvalue weighted by molar-refractivity contribution is 6.30. The van der Waals surface area contributed by atoms with Gasteiger partial charge in [-0.15, -0.1) is 10.2 Å². The van der Waals surface area contributed by atoms with Gasteiger partial charge >= 0.3 is 0 Å². The average molecular weight is 390 g/mol. The van der Waals surface area contributed by atoms with Crippen molar-refractivity contribution >= 4 is 17.5 Å². The fourth-order valence-electron chi connectivity index (χ4n) is 3.89. The SMILES string of the molecule is CC1COCCC1C(=O)N1CCC(n2nnc(-c3ccc(Cl)cc3)n2)CC1. The Morgan fingerprint density at radius 3 is 2.63 bits per heavy atom. The van der Waals surface area contributed by atoms with Gasteiger partial charge in [0.15, 0.2) is 0 Å². The van der Waals surface area contributed by atoms with E-state index in [-0.39, 0.29) is 17.9 Å². The summed E-state index contributed by atoms with van der Waals surface area (Å²) in [5.74, 6) is 1.26. The van der Waals surface area contributed by atoms with Crippen molar-refractivity contribution in [2.75, 3.05) is 26.3 Å². The van der Waals surface area contributed by atoms with Crippen molar-refractivity contribution < 1.29 is 9.53 Å². The molecule has 8 heteroatoms. The molecule has 2 atom stereocenters. The van der Waals surface area contributed by atoms with E-state index >= 15 is 0 Å². The molecule has 0 saturated carbocycles. The number of carbonyl (C=O) groups excluding carboxylic acids is 1. The molecule has 1 aromatic heterocycles. The zero-order valence-electron chi connectivity index (χ0n) is 15.4. The molecule has 2 aliphatic heterocycles. The lowest BCUT2D eigenvalue weighted by Crippen LogP contribution is -2.45. The second kappa shape index (κ2) is 7.94. The molecule has 2 aliphatic rings. The Bertz CT molecular complexity index is 786. The molecule has 2 unspecified atom stereocenters. The largest absolute Gasteiger partial charge is 0.381 e. The summed E-state index contributed by atoms with van der Waals surface area (Å²) in [5, 5.41) is 13.6. The number of ether oxygens (including phenoxy) is 1. The molecule has 27 heavy (non-hydrogen) atoms. The van der Waals surface area contributed by atoms with Crippen LogP contribution in [0.25, 0.3) is 11.4 Å². The van der Waals surface area contributed by atoms with Crippen LogP contribution in [0, 0.1) is 11.8 Å².